The van der Waals surface area contributed by atoms with Crippen molar-refractivity contribution in [3.63, 3.8) is 0 Å². The van der Waals surface area contributed by atoms with Gasteiger partial charge in [-0.1, -0.05) is 11.6 Å². The second-order valence-corrected chi connectivity index (χ2v) is 5.61. The fourth-order valence-corrected chi connectivity index (χ4v) is 1.75. The molecule has 0 spiro atoms. The standard InChI is InChI=1S/C13H16ClNO2/c1-13(2,3)17-12(16)11-8-15(11)10-6-4-9(14)5-7-10/h4-7,11H,8H2,1-3H3/t11-,15?/m1/s1. The first kappa shape index (κ1) is 12.2. The Labute approximate surface area is 106 Å². The minimum absolute atomic E-state index is 0.143. The molecule has 1 heterocycles. The van der Waals surface area contributed by atoms with Crippen LogP contribution < -0.4 is 4.90 Å². The molecule has 0 aromatic heterocycles. The van der Waals surface area contributed by atoms with Gasteiger partial charge in [0.25, 0.3) is 0 Å². The van der Waals surface area contributed by atoms with Gasteiger partial charge in [-0.15, -0.1) is 0 Å². The molecular weight excluding hydrogens is 238 g/mol. The molecule has 0 radical (unpaired) electrons. The maximum absolute atomic E-state index is 11.8. The van der Waals surface area contributed by atoms with E-state index in [0.717, 1.165) is 12.2 Å². The van der Waals surface area contributed by atoms with Crippen molar-refractivity contribution in [3.05, 3.63) is 29.3 Å². The van der Waals surface area contributed by atoms with Gasteiger partial charge in [0.2, 0.25) is 0 Å². The summed E-state index contributed by atoms with van der Waals surface area (Å²) < 4.78 is 5.33. The maximum atomic E-state index is 11.8. The van der Waals surface area contributed by atoms with Crippen molar-refractivity contribution in [1.82, 2.24) is 0 Å². The van der Waals surface area contributed by atoms with Gasteiger partial charge in [0.1, 0.15) is 11.6 Å². The molecule has 0 N–H and O–H groups in total. The van der Waals surface area contributed by atoms with Crippen LogP contribution in [0.25, 0.3) is 0 Å². The smallest absolute Gasteiger partial charge is 0.331 e. The second-order valence-electron chi connectivity index (χ2n) is 5.18. The predicted molar refractivity (Wildman–Crippen MR) is 68.4 cm³/mol. The van der Waals surface area contributed by atoms with E-state index in [1.165, 1.54) is 0 Å². The molecule has 1 aliphatic heterocycles. The van der Waals surface area contributed by atoms with Crippen LogP contribution in [0.4, 0.5) is 5.69 Å². The van der Waals surface area contributed by atoms with Crippen molar-refractivity contribution >= 4 is 23.3 Å². The fraction of sp³-hybridized carbons (Fsp3) is 0.462. The Morgan fingerprint density at radius 3 is 2.47 bits per heavy atom. The normalized spacial score (nSPS) is 19.1. The van der Waals surface area contributed by atoms with Crippen LogP contribution in [0.3, 0.4) is 0 Å². The molecule has 1 atom stereocenters. The third-order valence-corrected chi connectivity index (χ3v) is 2.70. The van der Waals surface area contributed by atoms with Crippen molar-refractivity contribution in [2.45, 2.75) is 32.4 Å². The van der Waals surface area contributed by atoms with Crippen LogP contribution in [0, 0.1) is 0 Å². The number of carbonyl (C=O) groups is 1. The first-order chi connectivity index (χ1) is 7.87. The van der Waals surface area contributed by atoms with Crippen LogP contribution in [-0.2, 0) is 9.53 Å². The number of hydrogen-bond donors (Lipinski definition) is 0. The fourth-order valence-electron chi connectivity index (χ4n) is 1.63. The van der Waals surface area contributed by atoms with Gasteiger partial charge in [-0.05, 0) is 45.0 Å². The first-order valence-electron chi connectivity index (χ1n) is 5.62. The van der Waals surface area contributed by atoms with Crippen LogP contribution in [0.15, 0.2) is 24.3 Å². The van der Waals surface area contributed by atoms with Gasteiger partial charge in [0.05, 0.1) is 6.54 Å². The molecule has 1 aliphatic rings. The van der Waals surface area contributed by atoms with Crippen LogP contribution >= 0.6 is 11.6 Å². The van der Waals surface area contributed by atoms with Gasteiger partial charge in [-0.2, -0.15) is 0 Å². The minimum Gasteiger partial charge on any atom is -0.458 e. The zero-order valence-corrected chi connectivity index (χ0v) is 11.0. The van der Waals surface area contributed by atoms with E-state index in [1.54, 1.807) is 0 Å². The number of ether oxygens (including phenoxy) is 1. The number of rotatable bonds is 2. The molecule has 1 aromatic carbocycles. The van der Waals surface area contributed by atoms with Crippen LogP contribution in [0.1, 0.15) is 20.8 Å². The highest BCUT2D eigenvalue weighted by Gasteiger charge is 2.43. The first-order valence-corrected chi connectivity index (χ1v) is 6.00. The summed E-state index contributed by atoms with van der Waals surface area (Å²) in [5.74, 6) is -0.160. The van der Waals surface area contributed by atoms with E-state index in [4.69, 9.17) is 16.3 Å². The molecule has 1 aromatic rings. The summed E-state index contributed by atoms with van der Waals surface area (Å²) in [5, 5.41) is 0.699. The quantitative estimate of drug-likeness (QED) is 0.600. The lowest BCUT2D eigenvalue weighted by Gasteiger charge is -2.19. The summed E-state index contributed by atoms with van der Waals surface area (Å²) in [7, 11) is 0. The topological polar surface area (TPSA) is 29.3 Å². The number of benzene rings is 1. The molecule has 0 amide bonds. The lowest BCUT2D eigenvalue weighted by molar-refractivity contribution is -0.153. The third-order valence-electron chi connectivity index (χ3n) is 2.45. The molecule has 0 bridgehead atoms. The maximum Gasteiger partial charge on any atom is 0.331 e. The number of esters is 1. The molecule has 3 nitrogen and oxygen atoms in total. The molecule has 1 fully saturated rings. The monoisotopic (exact) mass is 253 g/mol. The van der Waals surface area contributed by atoms with E-state index < -0.39 is 5.60 Å². The zero-order valence-electron chi connectivity index (χ0n) is 10.2. The van der Waals surface area contributed by atoms with Gasteiger partial charge in [0, 0.05) is 10.7 Å². The average molecular weight is 254 g/mol. The number of hydrogen-bond acceptors (Lipinski definition) is 3. The SMILES string of the molecule is CC(C)(C)OC(=O)[C@H]1CN1c1ccc(Cl)cc1. The number of halogens is 1. The molecular formula is C13H16ClNO2. The Kier molecular flexibility index (Phi) is 3.04. The lowest BCUT2D eigenvalue weighted by atomic mass is 10.2. The molecule has 2 rings (SSSR count). The van der Waals surface area contributed by atoms with Crippen molar-refractivity contribution in [1.29, 1.82) is 0 Å². The average Bonchev–Trinajstić information content (AvgIpc) is 2.96. The van der Waals surface area contributed by atoms with Crippen LogP contribution in [0.2, 0.25) is 5.02 Å². The Balaban J connectivity index is 1.96. The third kappa shape index (κ3) is 3.13. The van der Waals surface area contributed by atoms with E-state index in [2.05, 4.69) is 0 Å². The Hall–Kier alpha value is -1.22. The van der Waals surface area contributed by atoms with E-state index in [0.29, 0.717) is 5.02 Å². The molecule has 0 saturated carbocycles. The highest BCUT2D eigenvalue weighted by Crippen LogP contribution is 2.30. The number of anilines is 1. The van der Waals surface area contributed by atoms with Crippen LogP contribution in [0.5, 0.6) is 0 Å². The Morgan fingerprint density at radius 2 is 1.94 bits per heavy atom. The number of nitrogens with zero attached hydrogens (tertiary/aromatic N) is 1. The predicted octanol–water partition coefficient (Wildman–Crippen LogP) is 2.87. The van der Waals surface area contributed by atoms with Gasteiger partial charge >= 0.3 is 5.97 Å². The molecule has 0 unspecified atom stereocenters. The van der Waals surface area contributed by atoms with Crippen molar-refractivity contribution in [2.24, 2.45) is 0 Å². The highest BCUT2D eigenvalue weighted by atomic mass is 35.5. The largest absolute Gasteiger partial charge is 0.458 e. The van der Waals surface area contributed by atoms with Crippen molar-refractivity contribution < 1.29 is 9.53 Å². The second kappa shape index (κ2) is 4.22. The zero-order chi connectivity index (χ0) is 12.6. The lowest BCUT2D eigenvalue weighted by Crippen LogP contribution is -2.28. The Bertz CT molecular complexity index is 422. The molecule has 1 saturated heterocycles. The van der Waals surface area contributed by atoms with Crippen LogP contribution in [-0.4, -0.2) is 24.2 Å². The molecule has 0 aliphatic carbocycles. The molecule has 4 heteroatoms. The van der Waals surface area contributed by atoms with E-state index in [-0.39, 0.29) is 12.0 Å². The van der Waals surface area contributed by atoms with Gasteiger partial charge in [-0.25, -0.2) is 4.79 Å². The summed E-state index contributed by atoms with van der Waals surface area (Å²) >= 11 is 5.81. The summed E-state index contributed by atoms with van der Waals surface area (Å²) in [6.45, 7) is 6.34. The summed E-state index contributed by atoms with van der Waals surface area (Å²) in [4.78, 5) is 13.8. The van der Waals surface area contributed by atoms with Gasteiger partial charge in [0.15, 0.2) is 0 Å². The van der Waals surface area contributed by atoms with E-state index in [9.17, 15) is 4.79 Å². The van der Waals surface area contributed by atoms with Gasteiger partial charge in [-0.3, -0.25) is 0 Å². The van der Waals surface area contributed by atoms with Crippen molar-refractivity contribution in [3.8, 4) is 0 Å². The molecule has 92 valence electrons. The van der Waals surface area contributed by atoms with E-state index in [1.807, 2.05) is 49.9 Å². The summed E-state index contributed by atoms with van der Waals surface area (Å²) in [6, 6.07) is 7.32. The molecule has 17 heavy (non-hydrogen) atoms. The van der Waals surface area contributed by atoms with Crippen molar-refractivity contribution in [2.75, 3.05) is 11.4 Å². The van der Waals surface area contributed by atoms with Gasteiger partial charge < -0.3 is 9.64 Å². The summed E-state index contributed by atoms with van der Waals surface area (Å²) in [6.07, 6.45) is 0. The number of carbonyl (C=O) groups excluding carboxylic acids is 1. The summed E-state index contributed by atoms with van der Waals surface area (Å²) in [5.41, 5.74) is 0.580. The Morgan fingerprint density at radius 1 is 1.35 bits per heavy atom. The van der Waals surface area contributed by atoms with E-state index >= 15 is 0 Å². The minimum atomic E-state index is -0.425. The highest BCUT2D eigenvalue weighted by molar-refractivity contribution is 6.30.